The molecule has 0 rings (SSSR count). The summed E-state index contributed by atoms with van der Waals surface area (Å²) in [6, 6.07) is 0. The van der Waals surface area contributed by atoms with Gasteiger partial charge in [0, 0.05) is 19.6 Å². The van der Waals surface area contributed by atoms with Gasteiger partial charge in [-0.25, -0.2) is 0 Å². The summed E-state index contributed by atoms with van der Waals surface area (Å²) in [5, 5.41) is 0. The molecule has 0 fully saturated rings. The molecule has 0 amide bonds. The Hall–Kier alpha value is -0.0800. The Balaban J connectivity index is 3.75. The predicted octanol–water partition coefficient (Wildman–Crippen LogP) is 5.31. The van der Waals surface area contributed by atoms with Crippen molar-refractivity contribution in [2.24, 2.45) is 0 Å². The van der Waals surface area contributed by atoms with Gasteiger partial charge in [0.2, 0.25) is 0 Å². The number of unbranched alkanes of at least 4 members (excludes halogenated alkanes) is 6. The Kier molecular flexibility index (Phi) is 11.9. The highest BCUT2D eigenvalue weighted by molar-refractivity contribution is 4.68. The second kappa shape index (κ2) is 12.0. The van der Waals surface area contributed by atoms with E-state index < -0.39 is 0 Å². The molecular weight excluding hydrogens is 224 g/mol. The lowest BCUT2D eigenvalue weighted by Gasteiger charge is -2.32. The van der Waals surface area contributed by atoms with Crippen molar-refractivity contribution < 1.29 is 9.47 Å². The van der Waals surface area contributed by atoms with Crippen LogP contribution < -0.4 is 0 Å². The molecule has 18 heavy (non-hydrogen) atoms. The van der Waals surface area contributed by atoms with Crippen LogP contribution >= 0.6 is 0 Å². The van der Waals surface area contributed by atoms with Gasteiger partial charge in [0.25, 0.3) is 0 Å². The third-order valence-corrected chi connectivity index (χ3v) is 3.51. The molecule has 0 radical (unpaired) electrons. The molecule has 0 unspecified atom stereocenters. The minimum atomic E-state index is -0.313. The van der Waals surface area contributed by atoms with E-state index in [0.29, 0.717) is 0 Å². The fourth-order valence-corrected chi connectivity index (χ4v) is 2.44. The first-order chi connectivity index (χ1) is 8.74. The second-order valence-electron chi connectivity index (χ2n) is 5.00. The smallest absolute Gasteiger partial charge is 0.167 e. The molecule has 0 N–H and O–H groups in total. The normalized spacial score (nSPS) is 12.0. The van der Waals surface area contributed by atoms with E-state index in [9.17, 15) is 0 Å². The average molecular weight is 258 g/mol. The molecule has 0 aromatic carbocycles. The maximum atomic E-state index is 5.84. The Morgan fingerprint density at radius 1 is 0.667 bits per heavy atom. The van der Waals surface area contributed by atoms with Crippen molar-refractivity contribution in [3.05, 3.63) is 0 Å². The molecule has 2 nitrogen and oxygen atoms in total. The van der Waals surface area contributed by atoms with Crippen molar-refractivity contribution in [1.29, 1.82) is 0 Å². The first-order valence-corrected chi connectivity index (χ1v) is 8.02. The molecule has 0 atom stereocenters. The molecule has 2 heteroatoms. The van der Waals surface area contributed by atoms with Crippen molar-refractivity contribution in [3.8, 4) is 0 Å². The van der Waals surface area contributed by atoms with Gasteiger partial charge in [0.05, 0.1) is 0 Å². The van der Waals surface area contributed by atoms with Crippen molar-refractivity contribution >= 4 is 0 Å². The Bertz CT molecular complexity index is 162. The Morgan fingerprint density at radius 2 is 1.17 bits per heavy atom. The molecular formula is C16H34O2. The Labute approximate surface area is 114 Å². The molecule has 0 saturated heterocycles. The van der Waals surface area contributed by atoms with E-state index in [0.717, 1.165) is 26.1 Å². The topological polar surface area (TPSA) is 18.5 Å². The summed E-state index contributed by atoms with van der Waals surface area (Å²) < 4.78 is 11.7. The van der Waals surface area contributed by atoms with Crippen LogP contribution in [0, 0.1) is 0 Å². The molecule has 110 valence electrons. The number of ether oxygens (including phenoxy) is 2. The predicted molar refractivity (Wildman–Crippen MR) is 78.9 cm³/mol. The number of hydrogen-bond acceptors (Lipinski definition) is 2. The van der Waals surface area contributed by atoms with E-state index in [4.69, 9.17) is 9.47 Å². The molecule has 0 aromatic heterocycles. The SMILES string of the molecule is CCCCCCCCCC(CC)(OCC)OCC. The summed E-state index contributed by atoms with van der Waals surface area (Å²) in [7, 11) is 0. The van der Waals surface area contributed by atoms with Crippen LogP contribution in [-0.2, 0) is 9.47 Å². The molecule has 0 saturated carbocycles. The van der Waals surface area contributed by atoms with Gasteiger partial charge in [-0.15, -0.1) is 0 Å². The van der Waals surface area contributed by atoms with Crippen molar-refractivity contribution in [2.75, 3.05) is 13.2 Å². The van der Waals surface area contributed by atoms with Crippen LogP contribution in [0.5, 0.6) is 0 Å². The van der Waals surface area contributed by atoms with E-state index in [1.54, 1.807) is 0 Å². The second-order valence-corrected chi connectivity index (χ2v) is 5.00. The number of rotatable bonds is 13. The minimum absolute atomic E-state index is 0.313. The van der Waals surface area contributed by atoms with E-state index >= 15 is 0 Å². The average Bonchev–Trinajstić information content (AvgIpc) is 2.38. The van der Waals surface area contributed by atoms with Crippen LogP contribution in [-0.4, -0.2) is 19.0 Å². The van der Waals surface area contributed by atoms with Crippen LogP contribution in [0.4, 0.5) is 0 Å². The van der Waals surface area contributed by atoms with Crippen LogP contribution in [0.1, 0.15) is 85.5 Å². The van der Waals surface area contributed by atoms with E-state index in [1.165, 1.54) is 44.9 Å². The lowest BCUT2D eigenvalue weighted by Crippen LogP contribution is -2.35. The van der Waals surface area contributed by atoms with Gasteiger partial charge in [-0.1, -0.05) is 52.4 Å². The molecule has 0 spiro atoms. The van der Waals surface area contributed by atoms with Gasteiger partial charge in [0.15, 0.2) is 5.79 Å². The lowest BCUT2D eigenvalue weighted by atomic mass is 10.0. The summed E-state index contributed by atoms with van der Waals surface area (Å²) in [4.78, 5) is 0. The van der Waals surface area contributed by atoms with Gasteiger partial charge in [-0.2, -0.15) is 0 Å². The maximum Gasteiger partial charge on any atom is 0.167 e. The highest BCUT2D eigenvalue weighted by atomic mass is 16.7. The van der Waals surface area contributed by atoms with Crippen LogP contribution in [0.15, 0.2) is 0 Å². The monoisotopic (exact) mass is 258 g/mol. The summed E-state index contributed by atoms with van der Waals surface area (Å²) >= 11 is 0. The highest BCUT2D eigenvalue weighted by Gasteiger charge is 2.28. The Morgan fingerprint density at radius 3 is 1.61 bits per heavy atom. The third kappa shape index (κ3) is 8.10. The van der Waals surface area contributed by atoms with E-state index in [-0.39, 0.29) is 5.79 Å². The fraction of sp³-hybridized carbons (Fsp3) is 1.00. The molecule has 0 aliphatic rings. The molecule has 0 aliphatic carbocycles. The van der Waals surface area contributed by atoms with Crippen LogP contribution in [0.2, 0.25) is 0 Å². The highest BCUT2D eigenvalue weighted by Crippen LogP contribution is 2.25. The van der Waals surface area contributed by atoms with E-state index in [2.05, 4.69) is 13.8 Å². The molecule has 0 heterocycles. The fourth-order valence-electron chi connectivity index (χ4n) is 2.44. The zero-order valence-electron chi connectivity index (χ0n) is 13.1. The summed E-state index contributed by atoms with van der Waals surface area (Å²) in [6.45, 7) is 10.0. The largest absolute Gasteiger partial charge is 0.350 e. The quantitative estimate of drug-likeness (QED) is 0.329. The van der Waals surface area contributed by atoms with Gasteiger partial charge >= 0.3 is 0 Å². The van der Waals surface area contributed by atoms with Gasteiger partial charge < -0.3 is 9.47 Å². The van der Waals surface area contributed by atoms with E-state index in [1.807, 2.05) is 13.8 Å². The standard InChI is InChI=1S/C16H34O2/c1-5-9-10-11-12-13-14-15-16(6-2,17-7-3)18-8-4/h5-15H2,1-4H3. The van der Waals surface area contributed by atoms with Crippen molar-refractivity contribution in [3.63, 3.8) is 0 Å². The van der Waals surface area contributed by atoms with Crippen molar-refractivity contribution in [2.45, 2.75) is 91.3 Å². The minimum Gasteiger partial charge on any atom is -0.350 e. The summed E-state index contributed by atoms with van der Waals surface area (Å²) in [6.07, 6.45) is 11.4. The van der Waals surface area contributed by atoms with Crippen LogP contribution in [0.25, 0.3) is 0 Å². The third-order valence-electron chi connectivity index (χ3n) is 3.51. The first kappa shape index (κ1) is 17.9. The van der Waals surface area contributed by atoms with Gasteiger partial charge in [0.1, 0.15) is 0 Å². The first-order valence-electron chi connectivity index (χ1n) is 8.02. The lowest BCUT2D eigenvalue weighted by molar-refractivity contribution is -0.239. The zero-order chi connectivity index (χ0) is 13.7. The molecule has 0 aliphatic heterocycles. The number of hydrogen-bond donors (Lipinski definition) is 0. The van der Waals surface area contributed by atoms with Gasteiger partial charge in [-0.05, 0) is 26.7 Å². The summed E-state index contributed by atoms with van der Waals surface area (Å²) in [5.41, 5.74) is 0. The maximum absolute atomic E-state index is 5.84. The zero-order valence-corrected chi connectivity index (χ0v) is 13.1. The summed E-state index contributed by atoms with van der Waals surface area (Å²) in [5.74, 6) is -0.313. The van der Waals surface area contributed by atoms with Gasteiger partial charge in [-0.3, -0.25) is 0 Å². The van der Waals surface area contributed by atoms with Crippen LogP contribution in [0.3, 0.4) is 0 Å². The van der Waals surface area contributed by atoms with Crippen molar-refractivity contribution in [1.82, 2.24) is 0 Å². The molecule has 0 aromatic rings. The molecule has 0 bridgehead atoms.